The monoisotopic (exact) mass is 559 g/mol. The van der Waals surface area contributed by atoms with Crippen LogP contribution in [0.4, 0.5) is 4.39 Å². The van der Waals surface area contributed by atoms with Crippen molar-refractivity contribution in [2.75, 3.05) is 19.6 Å². The van der Waals surface area contributed by atoms with E-state index in [0.717, 1.165) is 58.2 Å². The summed E-state index contributed by atoms with van der Waals surface area (Å²) in [6, 6.07) is 6.19. The molecule has 9 nitrogen and oxygen atoms in total. The van der Waals surface area contributed by atoms with Crippen LogP contribution in [0.1, 0.15) is 72.9 Å². The van der Waals surface area contributed by atoms with Gasteiger partial charge in [0.05, 0.1) is 0 Å². The van der Waals surface area contributed by atoms with Gasteiger partial charge >= 0.3 is 0 Å². The van der Waals surface area contributed by atoms with E-state index in [1.807, 2.05) is 0 Å². The molecule has 1 aliphatic carbocycles. The number of halogens is 1. The fourth-order valence-corrected chi connectivity index (χ4v) is 7.25. The molecule has 5 heterocycles. The Balaban J connectivity index is 1.05. The van der Waals surface area contributed by atoms with Crippen LogP contribution in [-0.2, 0) is 27.5 Å². The van der Waals surface area contributed by atoms with Crippen LogP contribution in [-0.4, -0.2) is 74.5 Å². The number of nitrogens with one attached hydrogen (secondary N) is 1. The summed E-state index contributed by atoms with van der Waals surface area (Å²) in [4.78, 5) is 60.1. The van der Waals surface area contributed by atoms with Crippen molar-refractivity contribution in [3.63, 3.8) is 0 Å². The third-order valence-electron chi connectivity index (χ3n) is 9.74. The van der Waals surface area contributed by atoms with Gasteiger partial charge in [-0.1, -0.05) is 6.07 Å². The minimum Gasteiger partial charge on any atom is -0.337 e. The number of pyridine rings is 1. The number of piperidine rings is 2. The van der Waals surface area contributed by atoms with Crippen LogP contribution in [0, 0.1) is 11.7 Å². The van der Waals surface area contributed by atoms with Gasteiger partial charge in [-0.15, -0.1) is 0 Å². The number of hydrogen-bond donors (Lipinski definition) is 1. The zero-order chi connectivity index (χ0) is 28.3. The summed E-state index contributed by atoms with van der Waals surface area (Å²) in [7, 11) is 0. The van der Waals surface area contributed by atoms with Crippen LogP contribution >= 0.6 is 0 Å². The molecule has 3 saturated heterocycles. The molecule has 0 bridgehead atoms. The van der Waals surface area contributed by atoms with Gasteiger partial charge in [0.25, 0.3) is 5.91 Å². The predicted octanol–water partition coefficient (Wildman–Crippen LogP) is 3.02. The average molecular weight is 560 g/mol. The normalized spacial score (nSPS) is 24.2. The Morgan fingerprint density at radius 1 is 1.05 bits per heavy atom. The Labute approximate surface area is 238 Å². The maximum absolute atomic E-state index is 15.9. The summed E-state index contributed by atoms with van der Waals surface area (Å²) < 4.78 is 15.9. The Morgan fingerprint density at radius 3 is 2.61 bits per heavy atom. The predicted molar refractivity (Wildman–Crippen MR) is 147 cm³/mol. The lowest BCUT2D eigenvalue weighted by Crippen LogP contribution is -2.54. The van der Waals surface area contributed by atoms with E-state index in [1.165, 1.54) is 4.90 Å². The Hall–Kier alpha value is -3.66. The topological polar surface area (TPSA) is 103 Å². The van der Waals surface area contributed by atoms with Crippen LogP contribution in [0.15, 0.2) is 30.5 Å². The Morgan fingerprint density at radius 2 is 1.85 bits per heavy atom. The largest absolute Gasteiger partial charge is 0.337 e. The van der Waals surface area contributed by atoms with Crippen molar-refractivity contribution in [3.05, 3.63) is 53.0 Å². The van der Waals surface area contributed by atoms with Crippen molar-refractivity contribution in [2.45, 2.75) is 76.0 Å². The molecule has 10 heteroatoms. The van der Waals surface area contributed by atoms with E-state index >= 15 is 4.39 Å². The van der Waals surface area contributed by atoms with Crippen LogP contribution in [0.25, 0.3) is 11.3 Å². The first-order chi connectivity index (χ1) is 19.8. The number of carbonyl (C=O) groups excluding carboxylic acids is 4. The van der Waals surface area contributed by atoms with Gasteiger partial charge in [0, 0.05) is 73.5 Å². The van der Waals surface area contributed by atoms with Crippen molar-refractivity contribution in [2.24, 2.45) is 5.92 Å². The number of carbonyl (C=O) groups is 4. The highest BCUT2D eigenvalue weighted by atomic mass is 19.1. The summed E-state index contributed by atoms with van der Waals surface area (Å²) in [6.45, 7) is 3.22. The molecule has 5 aliphatic rings. The molecule has 1 saturated carbocycles. The molecule has 214 valence electrons. The molecular formula is C31H34FN5O4. The van der Waals surface area contributed by atoms with Crippen molar-refractivity contribution in [3.8, 4) is 11.3 Å². The van der Waals surface area contributed by atoms with Gasteiger partial charge in [0.1, 0.15) is 11.7 Å². The number of aromatic nitrogens is 1. The highest BCUT2D eigenvalue weighted by Crippen LogP contribution is 2.43. The van der Waals surface area contributed by atoms with Crippen LogP contribution < -0.4 is 5.32 Å². The minimum absolute atomic E-state index is 0.0261. The van der Waals surface area contributed by atoms with Gasteiger partial charge in [0.15, 0.2) is 5.82 Å². The average Bonchev–Trinajstić information content (AvgIpc) is 3.67. The molecule has 7 rings (SSSR count). The molecule has 41 heavy (non-hydrogen) atoms. The highest BCUT2D eigenvalue weighted by Gasteiger charge is 2.48. The number of benzene rings is 1. The third kappa shape index (κ3) is 4.62. The summed E-state index contributed by atoms with van der Waals surface area (Å²) in [5.74, 6) is -0.826. The molecule has 1 aromatic carbocycles. The van der Waals surface area contributed by atoms with Crippen molar-refractivity contribution >= 4 is 23.6 Å². The molecule has 4 aliphatic heterocycles. The minimum atomic E-state index is -0.693. The summed E-state index contributed by atoms with van der Waals surface area (Å²) in [5.41, 5.74) is 2.57. The molecule has 1 spiro atoms. The molecule has 1 unspecified atom stereocenters. The molecule has 1 N–H and O–H groups in total. The first kappa shape index (κ1) is 26.3. The fraction of sp³-hybridized carbons (Fsp3) is 0.516. The summed E-state index contributed by atoms with van der Waals surface area (Å²) in [5, 5.41) is 2.31. The number of amides is 4. The summed E-state index contributed by atoms with van der Waals surface area (Å²) >= 11 is 0. The zero-order valence-corrected chi connectivity index (χ0v) is 23.0. The molecule has 2 aromatic rings. The Kier molecular flexibility index (Phi) is 6.41. The smallest absolute Gasteiger partial charge is 0.255 e. The maximum Gasteiger partial charge on any atom is 0.255 e. The molecule has 0 radical (unpaired) electrons. The number of likely N-dealkylation sites (tertiary alicyclic amines) is 2. The molecule has 4 amide bonds. The molecule has 4 fully saturated rings. The molecular weight excluding hydrogens is 525 g/mol. The van der Waals surface area contributed by atoms with Crippen LogP contribution in [0.2, 0.25) is 0 Å². The fourth-order valence-electron chi connectivity index (χ4n) is 7.25. The van der Waals surface area contributed by atoms with Gasteiger partial charge < -0.3 is 9.80 Å². The number of nitrogens with zero attached hydrogens (tertiary/aromatic N) is 4. The van der Waals surface area contributed by atoms with E-state index in [-0.39, 0.29) is 47.7 Å². The van der Waals surface area contributed by atoms with E-state index in [0.29, 0.717) is 41.1 Å². The number of hydrogen-bond acceptors (Lipinski definition) is 6. The third-order valence-corrected chi connectivity index (χ3v) is 9.74. The lowest BCUT2D eigenvalue weighted by Gasteiger charge is -2.45. The van der Waals surface area contributed by atoms with Gasteiger partial charge in [-0.25, -0.2) is 4.39 Å². The summed E-state index contributed by atoms with van der Waals surface area (Å²) in [6.07, 6.45) is 8.15. The van der Waals surface area contributed by atoms with Crippen LogP contribution in [0.5, 0.6) is 0 Å². The molecule has 1 atom stereocenters. The van der Waals surface area contributed by atoms with E-state index in [2.05, 4.69) is 20.1 Å². The lowest BCUT2D eigenvalue weighted by atomic mass is 9.84. The number of rotatable bonds is 5. The van der Waals surface area contributed by atoms with E-state index in [1.54, 1.807) is 30.5 Å². The van der Waals surface area contributed by atoms with Gasteiger partial charge in [0.2, 0.25) is 17.7 Å². The standard InChI is InChI=1S/C31H34FN5O4/c32-26-21(17-35-14-10-31(11-15-35)9-1-13-37(31)29(40)19-2-3-19)8-12-33-27(26)20-4-5-23-22(16-20)18-36(30(23)41)24-6-7-25(38)34-28(24)39/h4-5,8,12,16,19,24H,1-3,6-7,9-11,13-15,17-18H2,(H,34,38,39). The first-order valence-corrected chi connectivity index (χ1v) is 14.8. The number of imide groups is 1. The SMILES string of the molecule is O=C1CCC(N2Cc3cc(-c4nccc(CN5CCC6(CCCN6C(=O)C6CC6)CC5)c4F)ccc3C2=O)C(=O)N1. The van der Waals surface area contributed by atoms with E-state index < -0.39 is 11.9 Å². The van der Waals surface area contributed by atoms with Crippen LogP contribution in [0.3, 0.4) is 0 Å². The Bertz CT molecular complexity index is 1450. The van der Waals surface area contributed by atoms with Crippen molar-refractivity contribution in [1.29, 1.82) is 0 Å². The van der Waals surface area contributed by atoms with E-state index in [4.69, 9.17) is 0 Å². The van der Waals surface area contributed by atoms with Gasteiger partial charge in [-0.05, 0) is 68.7 Å². The molecule has 1 aromatic heterocycles. The first-order valence-electron chi connectivity index (χ1n) is 14.8. The van der Waals surface area contributed by atoms with E-state index in [9.17, 15) is 19.2 Å². The quantitative estimate of drug-likeness (QED) is 0.565. The second-order valence-electron chi connectivity index (χ2n) is 12.3. The second-order valence-corrected chi connectivity index (χ2v) is 12.3. The van der Waals surface area contributed by atoms with Gasteiger partial charge in [-0.2, -0.15) is 0 Å². The van der Waals surface area contributed by atoms with Gasteiger partial charge in [-0.3, -0.25) is 34.4 Å². The zero-order valence-electron chi connectivity index (χ0n) is 23.0. The lowest BCUT2D eigenvalue weighted by molar-refractivity contribution is -0.139. The van der Waals surface area contributed by atoms with Crippen molar-refractivity contribution in [1.82, 2.24) is 25.0 Å². The second kappa shape index (κ2) is 10.0. The highest BCUT2D eigenvalue weighted by molar-refractivity contribution is 6.05. The maximum atomic E-state index is 15.9. The number of fused-ring (bicyclic) bond motifs is 1. The van der Waals surface area contributed by atoms with Crippen molar-refractivity contribution < 1.29 is 23.6 Å².